The van der Waals surface area contributed by atoms with E-state index in [1.54, 1.807) is 0 Å². The molecule has 0 spiro atoms. The average Bonchev–Trinajstić information content (AvgIpc) is 1.80. The fourth-order valence-corrected chi connectivity index (χ4v) is 1.51. The number of allylic oxidation sites excluding steroid dienone is 2. The van der Waals surface area contributed by atoms with Gasteiger partial charge in [0.15, 0.2) is 0 Å². The van der Waals surface area contributed by atoms with Gasteiger partial charge in [-0.1, -0.05) is 23.3 Å². The molecule has 0 amide bonds. The molecule has 1 N–H and O–H groups in total. The van der Waals surface area contributed by atoms with Crippen molar-refractivity contribution in [2.75, 3.05) is 0 Å². The zero-order valence-electron chi connectivity index (χ0n) is 9.81. The van der Waals surface area contributed by atoms with Crippen molar-refractivity contribution in [1.82, 2.24) is 5.32 Å². The largest absolute Gasteiger partial charge is 0.305 e. The molecule has 76 valence electrons. The minimum absolute atomic E-state index is 0.454. The Hall–Kier alpha value is -0.560. The molecule has 0 rings (SSSR count). The summed E-state index contributed by atoms with van der Waals surface area (Å²) >= 11 is 0. The van der Waals surface area contributed by atoms with Gasteiger partial charge in [0.25, 0.3) is 0 Å². The minimum Gasteiger partial charge on any atom is -0.305 e. The molecule has 0 saturated heterocycles. The van der Waals surface area contributed by atoms with Crippen LogP contribution in [0.2, 0.25) is 0 Å². The third kappa shape index (κ3) is 7.79. The monoisotopic (exact) mass is 181 g/mol. The van der Waals surface area contributed by atoms with Crippen LogP contribution in [0.1, 0.15) is 41.5 Å². The van der Waals surface area contributed by atoms with Crippen LogP contribution in [0.4, 0.5) is 0 Å². The Morgan fingerprint density at radius 1 is 0.846 bits per heavy atom. The third-order valence-corrected chi connectivity index (χ3v) is 1.69. The van der Waals surface area contributed by atoms with E-state index in [0.29, 0.717) is 12.1 Å². The lowest BCUT2D eigenvalue weighted by atomic mass is 10.1. The fourth-order valence-electron chi connectivity index (χ4n) is 1.51. The first kappa shape index (κ1) is 12.4. The molecule has 0 aromatic rings. The van der Waals surface area contributed by atoms with Gasteiger partial charge < -0.3 is 5.32 Å². The van der Waals surface area contributed by atoms with Crippen LogP contribution in [0.25, 0.3) is 0 Å². The molecule has 0 radical (unpaired) electrons. The van der Waals surface area contributed by atoms with Gasteiger partial charge in [0.05, 0.1) is 0 Å². The smallest absolute Gasteiger partial charge is 0.0229 e. The molecule has 0 fully saturated rings. The van der Waals surface area contributed by atoms with Crippen LogP contribution in [0.5, 0.6) is 0 Å². The highest BCUT2D eigenvalue weighted by Gasteiger charge is 2.01. The van der Waals surface area contributed by atoms with E-state index in [-0.39, 0.29) is 0 Å². The van der Waals surface area contributed by atoms with Gasteiger partial charge in [-0.3, -0.25) is 0 Å². The lowest BCUT2D eigenvalue weighted by Gasteiger charge is -2.15. The van der Waals surface area contributed by atoms with E-state index in [1.807, 2.05) is 0 Å². The van der Waals surface area contributed by atoms with E-state index in [4.69, 9.17) is 0 Å². The molecule has 13 heavy (non-hydrogen) atoms. The third-order valence-electron chi connectivity index (χ3n) is 1.69. The fraction of sp³-hybridized carbons (Fsp3) is 0.667. The van der Waals surface area contributed by atoms with Crippen molar-refractivity contribution in [2.24, 2.45) is 0 Å². The lowest BCUT2D eigenvalue weighted by molar-refractivity contribution is 0.582. The standard InChI is InChI=1S/C12H23N/c1-9(2)7-11(5)13-12(6)8-10(3)4/h7-8,11-13H,1-6H3. The van der Waals surface area contributed by atoms with Gasteiger partial charge in [-0.15, -0.1) is 0 Å². The Morgan fingerprint density at radius 3 is 1.38 bits per heavy atom. The summed E-state index contributed by atoms with van der Waals surface area (Å²) in [7, 11) is 0. The van der Waals surface area contributed by atoms with Crippen LogP contribution in [0, 0.1) is 0 Å². The predicted molar refractivity (Wildman–Crippen MR) is 60.9 cm³/mol. The van der Waals surface area contributed by atoms with Crippen molar-refractivity contribution in [1.29, 1.82) is 0 Å². The molecule has 0 aromatic heterocycles. The molecule has 0 aliphatic rings. The molecule has 0 aliphatic carbocycles. The van der Waals surface area contributed by atoms with Crippen molar-refractivity contribution in [2.45, 2.75) is 53.6 Å². The summed E-state index contributed by atoms with van der Waals surface area (Å²) in [5.41, 5.74) is 2.73. The number of rotatable bonds is 4. The Kier molecular flexibility index (Phi) is 5.72. The van der Waals surface area contributed by atoms with Crippen LogP contribution in [-0.2, 0) is 0 Å². The quantitative estimate of drug-likeness (QED) is 0.656. The summed E-state index contributed by atoms with van der Waals surface area (Å²) in [6.07, 6.45) is 4.49. The summed E-state index contributed by atoms with van der Waals surface area (Å²) in [6, 6.07) is 0.909. The van der Waals surface area contributed by atoms with Crippen molar-refractivity contribution in [3.8, 4) is 0 Å². The van der Waals surface area contributed by atoms with E-state index in [9.17, 15) is 0 Å². The summed E-state index contributed by atoms with van der Waals surface area (Å²) in [5, 5.41) is 3.49. The molecule has 1 nitrogen and oxygen atoms in total. The molecule has 0 saturated carbocycles. The maximum Gasteiger partial charge on any atom is 0.0229 e. The second-order valence-corrected chi connectivity index (χ2v) is 4.23. The van der Waals surface area contributed by atoms with Crippen molar-refractivity contribution < 1.29 is 0 Å². The molecule has 0 heterocycles. The zero-order valence-corrected chi connectivity index (χ0v) is 9.81. The summed E-state index contributed by atoms with van der Waals surface area (Å²) in [4.78, 5) is 0. The Balaban J connectivity index is 3.99. The van der Waals surface area contributed by atoms with Crippen LogP contribution in [0.15, 0.2) is 23.3 Å². The second kappa shape index (κ2) is 5.98. The average molecular weight is 181 g/mol. The maximum absolute atomic E-state index is 3.49. The van der Waals surface area contributed by atoms with E-state index in [2.05, 4.69) is 59.0 Å². The second-order valence-electron chi connectivity index (χ2n) is 4.23. The molecular formula is C12H23N. The zero-order chi connectivity index (χ0) is 10.4. The predicted octanol–water partition coefficient (Wildman–Crippen LogP) is 3.29. The molecule has 0 bridgehead atoms. The first-order valence-corrected chi connectivity index (χ1v) is 4.98. The maximum atomic E-state index is 3.49. The van der Waals surface area contributed by atoms with Gasteiger partial charge in [0.1, 0.15) is 0 Å². The van der Waals surface area contributed by atoms with Gasteiger partial charge >= 0.3 is 0 Å². The van der Waals surface area contributed by atoms with Crippen LogP contribution in [-0.4, -0.2) is 12.1 Å². The van der Waals surface area contributed by atoms with Crippen LogP contribution < -0.4 is 5.32 Å². The molecule has 1 heteroatoms. The van der Waals surface area contributed by atoms with E-state index in [0.717, 1.165) is 0 Å². The molecule has 0 aromatic carbocycles. The minimum atomic E-state index is 0.454. The highest BCUT2D eigenvalue weighted by molar-refractivity contribution is 5.04. The summed E-state index contributed by atoms with van der Waals surface area (Å²) in [5.74, 6) is 0. The molecule has 2 unspecified atom stereocenters. The molecular weight excluding hydrogens is 158 g/mol. The lowest BCUT2D eigenvalue weighted by Crippen LogP contribution is -2.32. The SMILES string of the molecule is CC(C)=CC(C)NC(C)C=C(C)C. The summed E-state index contributed by atoms with van der Waals surface area (Å²) < 4.78 is 0. The van der Waals surface area contributed by atoms with Crippen LogP contribution in [0.3, 0.4) is 0 Å². The van der Waals surface area contributed by atoms with Crippen molar-refractivity contribution in [3.05, 3.63) is 23.3 Å². The van der Waals surface area contributed by atoms with E-state index < -0.39 is 0 Å². The normalized spacial score (nSPS) is 14.6. The highest BCUT2D eigenvalue weighted by atomic mass is 14.9. The van der Waals surface area contributed by atoms with Gasteiger partial charge in [0, 0.05) is 12.1 Å². The molecule has 2 atom stereocenters. The van der Waals surface area contributed by atoms with Gasteiger partial charge in [-0.25, -0.2) is 0 Å². The number of hydrogen-bond donors (Lipinski definition) is 1. The van der Waals surface area contributed by atoms with Gasteiger partial charge in [-0.05, 0) is 41.5 Å². The van der Waals surface area contributed by atoms with Gasteiger partial charge in [-0.2, -0.15) is 0 Å². The van der Waals surface area contributed by atoms with Gasteiger partial charge in [0.2, 0.25) is 0 Å². The number of nitrogens with one attached hydrogen (secondary N) is 1. The first-order valence-electron chi connectivity index (χ1n) is 4.98. The van der Waals surface area contributed by atoms with Crippen molar-refractivity contribution >= 4 is 0 Å². The van der Waals surface area contributed by atoms with Crippen molar-refractivity contribution in [3.63, 3.8) is 0 Å². The number of hydrogen-bond acceptors (Lipinski definition) is 1. The Labute approximate surface area is 82.9 Å². The Morgan fingerprint density at radius 2 is 1.15 bits per heavy atom. The molecule has 0 aliphatic heterocycles. The Bertz CT molecular complexity index is 171. The van der Waals surface area contributed by atoms with Crippen LogP contribution >= 0.6 is 0 Å². The first-order chi connectivity index (χ1) is 5.91. The summed E-state index contributed by atoms with van der Waals surface area (Å²) in [6.45, 7) is 12.9. The highest BCUT2D eigenvalue weighted by Crippen LogP contribution is 1.98. The topological polar surface area (TPSA) is 12.0 Å². The van der Waals surface area contributed by atoms with E-state index in [1.165, 1.54) is 11.1 Å². The van der Waals surface area contributed by atoms with E-state index >= 15 is 0 Å².